The number of rotatable bonds is 4. The molecule has 0 atom stereocenters. The normalized spacial score (nSPS) is 18.1. The molecule has 1 saturated heterocycles. The third kappa shape index (κ3) is 3.96. The van der Waals surface area contributed by atoms with Crippen LogP contribution in [0.5, 0.6) is 0 Å². The van der Waals surface area contributed by atoms with Gasteiger partial charge >= 0.3 is 116 Å². The maximum atomic E-state index is 4.73. The van der Waals surface area contributed by atoms with Gasteiger partial charge in [-0.15, -0.1) is 0 Å². The van der Waals surface area contributed by atoms with E-state index in [1.807, 2.05) is 12.3 Å². The molecule has 1 aliphatic heterocycles. The number of hydrogen-bond donors (Lipinski definition) is 0. The van der Waals surface area contributed by atoms with Gasteiger partial charge in [0.15, 0.2) is 0 Å². The van der Waals surface area contributed by atoms with Crippen molar-refractivity contribution in [3.05, 3.63) is 12.3 Å². The summed E-state index contributed by atoms with van der Waals surface area (Å²) in [6.45, 7) is 8.93. The van der Waals surface area contributed by atoms with E-state index in [2.05, 4.69) is 35.7 Å². The van der Waals surface area contributed by atoms with Crippen LogP contribution in [0.25, 0.3) is 0 Å². The molecule has 0 spiro atoms. The molecule has 99 valence electrons. The molecule has 1 radical (unpaired) electrons. The Labute approximate surface area is 116 Å². The van der Waals surface area contributed by atoms with Crippen LogP contribution in [-0.4, -0.2) is 63.8 Å². The number of piperazine rings is 1. The maximum absolute atomic E-state index is 4.73. The summed E-state index contributed by atoms with van der Waals surface area (Å²) >= 11 is 0.127. The van der Waals surface area contributed by atoms with Crippen molar-refractivity contribution in [3.8, 4) is 0 Å². The van der Waals surface area contributed by atoms with Crippen LogP contribution < -0.4 is 9.51 Å². The molecule has 1 fully saturated rings. The van der Waals surface area contributed by atoms with Gasteiger partial charge in [-0.1, -0.05) is 0 Å². The van der Waals surface area contributed by atoms with Crippen molar-refractivity contribution in [1.82, 2.24) is 14.9 Å². The predicted octanol–water partition coefficient (Wildman–Crippen LogP) is 0.632. The first-order chi connectivity index (χ1) is 8.65. The van der Waals surface area contributed by atoms with Crippen LogP contribution in [0.4, 0.5) is 5.82 Å². The van der Waals surface area contributed by atoms with Crippen molar-refractivity contribution in [2.45, 2.75) is 19.1 Å². The molecule has 1 aliphatic rings. The van der Waals surface area contributed by atoms with Crippen LogP contribution in [0.15, 0.2) is 12.3 Å². The number of likely N-dealkylation sites (N-methyl/N-ethyl adjacent to an activating group) is 1. The molecule has 2 rings (SSSR count). The van der Waals surface area contributed by atoms with Gasteiger partial charge in [0.25, 0.3) is 0 Å². The molecule has 0 bridgehead atoms. The molecule has 4 nitrogen and oxygen atoms in total. The molecule has 0 aromatic carbocycles. The summed E-state index contributed by atoms with van der Waals surface area (Å²) in [4.78, 5) is 13.9. The molecule has 2 heterocycles. The van der Waals surface area contributed by atoms with Gasteiger partial charge in [-0.05, 0) is 0 Å². The van der Waals surface area contributed by atoms with Crippen LogP contribution in [0.1, 0.15) is 13.8 Å². The van der Waals surface area contributed by atoms with Gasteiger partial charge < -0.3 is 0 Å². The molecule has 1 aromatic heterocycles. The molecular weight excluding hydrogens is 287 g/mol. The summed E-state index contributed by atoms with van der Waals surface area (Å²) in [6.07, 6.45) is 1.92. The van der Waals surface area contributed by atoms with E-state index in [4.69, 9.17) is 4.98 Å². The van der Waals surface area contributed by atoms with Crippen LogP contribution in [-0.2, 0) is 0 Å². The van der Waals surface area contributed by atoms with Crippen molar-refractivity contribution < 1.29 is 0 Å². The Balaban J connectivity index is 1.98. The Morgan fingerprint density at radius 3 is 2.67 bits per heavy atom. The average molecular weight is 309 g/mol. The molecule has 0 amide bonds. The van der Waals surface area contributed by atoms with Gasteiger partial charge in [0.1, 0.15) is 0 Å². The summed E-state index contributed by atoms with van der Waals surface area (Å²) in [5, 5.41) is 1.25. The monoisotopic (exact) mass is 309 g/mol. The van der Waals surface area contributed by atoms with E-state index in [1.54, 1.807) is 0 Å². The fraction of sp³-hybridized carbons (Fsp3) is 0.692. The minimum atomic E-state index is 0.127. The zero-order chi connectivity index (χ0) is 13.0. The van der Waals surface area contributed by atoms with E-state index in [-0.39, 0.29) is 15.8 Å². The second kappa shape index (κ2) is 6.53. The molecule has 5 heteroatoms. The molecule has 0 N–H and O–H groups in total. The molecular formula is C13H22AsN4. The van der Waals surface area contributed by atoms with E-state index in [0.29, 0.717) is 0 Å². The summed E-state index contributed by atoms with van der Waals surface area (Å²) in [7, 11) is 2.18. The molecule has 18 heavy (non-hydrogen) atoms. The number of anilines is 1. The Hall–Kier alpha value is -0.602. The standard InChI is InChI=1S/C13H22AsN4/c1-11(2)10-14-13-15-5-4-12(16-13)18-8-6-17(3)7-9-18/h4-5,11H,6-10H2,1-3H3. The Kier molecular flexibility index (Phi) is 5.02. The predicted molar refractivity (Wildman–Crippen MR) is 76.8 cm³/mol. The van der Waals surface area contributed by atoms with Gasteiger partial charge in [0.2, 0.25) is 0 Å². The summed E-state index contributed by atoms with van der Waals surface area (Å²) in [5.74, 6) is 1.87. The van der Waals surface area contributed by atoms with Gasteiger partial charge in [-0.2, -0.15) is 0 Å². The fourth-order valence-electron chi connectivity index (χ4n) is 1.89. The van der Waals surface area contributed by atoms with E-state index in [1.165, 1.54) is 5.21 Å². The van der Waals surface area contributed by atoms with Crippen LogP contribution in [0, 0.1) is 5.92 Å². The third-order valence-corrected chi connectivity index (χ3v) is 6.01. The van der Waals surface area contributed by atoms with E-state index in [0.717, 1.165) is 42.5 Å². The van der Waals surface area contributed by atoms with Gasteiger partial charge in [0.05, 0.1) is 0 Å². The average Bonchev–Trinajstić information content (AvgIpc) is 2.37. The fourth-order valence-corrected chi connectivity index (χ4v) is 3.67. The second-order valence-electron chi connectivity index (χ2n) is 5.24. The Bertz CT molecular complexity index is 375. The van der Waals surface area contributed by atoms with Crippen molar-refractivity contribution in [3.63, 3.8) is 0 Å². The van der Waals surface area contributed by atoms with Gasteiger partial charge in [0, 0.05) is 0 Å². The second-order valence-corrected chi connectivity index (χ2v) is 7.51. The van der Waals surface area contributed by atoms with E-state index >= 15 is 0 Å². The summed E-state index contributed by atoms with van der Waals surface area (Å²) in [5.41, 5.74) is 0. The van der Waals surface area contributed by atoms with Crippen molar-refractivity contribution in [2.24, 2.45) is 5.92 Å². The topological polar surface area (TPSA) is 32.3 Å². The summed E-state index contributed by atoms with van der Waals surface area (Å²) < 4.78 is 1.08. The van der Waals surface area contributed by atoms with Crippen molar-refractivity contribution in [1.29, 1.82) is 0 Å². The van der Waals surface area contributed by atoms with Crippen LogP contribution in [0.3, 0.4) is 0 Å². The SMILES string of the molecule is CC(C)C[As]c1nccc(N2CCN(C)CC2)n1. The molecule has 1 aromatic rings. The van der Waals surface area contributed by atoms with Crippen LogP contribution >= 0.6 is 0 Å². The first-order valence-electron chi connectivity index (χ1n) is 6.59. The summed E-state index contributed by atoms with van der Waals surface area (Å²) in [6, 6.07) is 2.05. The van der Waals surface area contributed by atoms with E-state index in [9.17, 15) is 0 Å². The molecule has 0 aliphatic carbocycles. The first kappa shape index (κ1) is 13.8. The minimum absolute atomic E-state index is 0.127. The Morgan fingerprint density at radius 1 is 1.28 bits per heavy atom. The molecule has 0 saturated carbocycles. The first-order valence-corrected chi connectivity index (χ1v) is 8.85. The third-order valence-electron chi connectivity index (χ3n) is 3.05. The van der Waals surface area contributed by atoms with Gasteiger partial charge in [-0.3, -0.25) is 0 Å². The number of aromatic nitrogens is 2. The number of hydrogen-bond acceptors (Lipinski definition) is 4. The zero-order valence-electron chi connectivity index (χ0n) is 11.5. The Morgan fingerprint density at radius 2 is 2.00 bits per heavy atom. The van der Waals surface area contributed by atoms with Crippen LogP contribution in [0.2, 0.25) is 5.21 Å². The van der Waals surface area contributed by atoms with Crippen molar-refractivity contribution >= 4 is 26.2 Å². The van der Waals surface area contributed by atoms with Gasteiger partial charge in [-0.25, -0.2) is 0 Å². The van der Waals surface area contributed by atoms with Crippen molar-refractivity contribution in [2.75, 3.05) is 38.1 Å². The van der Waals surface area contributed by atoms with E-state index < -0.39 is 0 Å². The number of nitrogens with zero attached hydrogens (tertiary/aromatic N) is 4. The quantitative estimate of drug-likeness (QED) is 0.764. The molecule has 0 unspecified atom stereocenters. The zero-order valence-corrected chi connectivity index (χ0v) is 13.4.